The summed E-state index contributed by atoms with van der Waals surface area (Å²) >= 11 is 3.52. The number of ether oxygens (including phenoxy) is 2. The molecule has 0 bridgehead atoms. The lowest BCUT2D eigenvalue weighted by Gasteiger charge is -2.31. The summed E-state index contributed by atoms with van der Waals surface area (Å²) in [5.41, 5.74) is 19.1. The molecule has 1 heterocycles. The van der Waals surface area contributed by atoms with Crippen molar-refractivity contribution in [1.29, 1.82) is 0 Å². The standard InChI is InChI=1S/C36H37BrN6O4/c1-25-7-9-26(10-8-25)19-20-39-42-35(45)36(23-29-5-2-3-6-30(29)24-40-43-38)33(27-11-15-31(37)16-12-27)47-34(41-36)28-13-17-32(18-14-28)46-22-4-21-44/h2-3,5-18,33,39,44H,4,19-24H2,1H3,(H,42,45)/t33-,36-/m0/s1. The van der Waals surface area contributed by atoms with Gasteiger partial charge < -0.3 is 14.6 Å². The molecule has 5 rings (SSSR count). The minimum Gasteiger partial charge on any atom is -0.494 e. The van der Waals surface area contributed by atoms with E-state index in [-0.39, 0.29) is 25.5 Å². The van der Waals surface area contributed by atoms with Crippen LogP contribution in [0.1, 0.15) is 45.9 Å². The van der Waals surface area contributed by atoms with Crippen molar-refractivity contribution in [3.8, 4) is 5.75 Å². The number of hydrogen-bond donors (Lipinski definition) is 3. The number of azide groups is 1. The van der Waals surface area contributed by atoms with E-state index in [1.165, 1.54) is 5.56 Å². The van der Waals surface area contributed by atoms with Crippen molar-refractivity contribution in [3.05, 3.63) is 145 Å². The van der Waals surface area contributed by atoms with Crippen molar-refractivity contribution in [2.75, 3.05) is 19.8 Å². The number of benzene rings is 4. The molecule has 4 aromatic rings. The molecule has 0 spiro atoms. The van der Waals surface area contributed by atoms with E-state index in [0.29, 0.717) is 36.8 Å². The highest BCUT2D eigenvalue weighted by atomic mass is 79.9. The van der Waals surface area contributed by atoms with Crippen LogP contribution in [0.3, 0.4) is 0 Å². The van der Waals surface area contributed by atoms with Crippen LogP contribution in [0.4, 0.5) is 0 Å². The molecule has 1 amide bonds. The molecule has 0 radical (unpaired) electrons. The molecule has 4 aromatic carbocycles. The summed E-state index contributed by atoms with van der Waals surface area (Å²) < 4.78 is 13.2. The van der Waals surface area contributed by atoms with Gasteiger partial charge in [-0.15, -0.1) is 0 Å². The molecule has 0 saturated heterocycles. The van der Waals surface area contributed by atoms with Crippen LogP contribution in [0, 0.1) is 6.92 Å². The molecule has 242 valence electrons. The summed E-state index contributed by atoms with van der Waals surface area (Å²) in [6.45, 7) is 3.15. The van der Waals surface area contributed by atoms with Gasteiger partial charge in [0.2, 0.25) is 5.90 Å². The first kappa shape index (κ1) is 33.7. The van der Waals surface area contributed by atoms with Gasteiger partial charge in [-0.1, -0.05) is 87.3 Å². The third-order valence-electron chi connectivity index (χ3n) is 7.95. The maximum Gasteiger partial charge on any atom is 0.266 e. The Morgan fingerprint density at radius 2 is 1.77 bits per heavy atom. The second kappa shape index (κ2) is 16.2. The zero-order valence-corrected chi connectivity index (χ0v) is 27.7. The number of aliphatic imine (C=N–C) groups is 1. The molecular formula is C36H37BrN6O4. The summed E-state index contributed by atoms with van der Waals surface area (Å²) in [6.07, 6.45) is 0.653. The second-order valence-corrected chi connectivity index (χ2v) is 12.2. The molecule has 0 fully saturated rings. The van der Waals surface area contributed by atoms with E-state index in [4.69, 9.17) is 25.1 Å². The Labute approximate surface area is 282 Å². The molecule has 2 atom stereocenters. The maximum absolute atomic E-state index is 14.5. The number of aliphatic hydroxyl groups excluding tert-OH is 1. The Kier molecular flexibility index (Phi) is 11.6. The lowest BCUT2D eigenvalue weighted by Crippen LogP contribution is -2.54. The Morgan fingerprint density at radius 3 is 2.47 bits per heavy atom. The first-order valence-electron chi connectivity index (χ1n) is 15.4. The van der Waals surface area contributed by atoms with Gasteiger partial charge in [0.25, 0.3) is 5.91 Å². The first-order valence-corrected chi connectivity index (χ1v) is 16.2. The monoisotopic (exact) mass is 696 g/mol. The summed E-state index contributed by atoms with van der Waals surface area (Å²) in [7, 11) is 0. The molecule has 47 heavy (non-hydrogen) atoms. The molecular weight excluding hydrogens is 660 g/mol. The molecule has 0 aliphatic carbocycles. The molecule has 0 unspecified atom stereocenters. The highest BCUT2D eigenvalue weighted by Crippen LogP contribution is 2.43. The fraction of sp³-hybridized carbons (Fsp3) is 0.278. The number of hydrogen-bond acceptors (Lipinski definition) is 7. The predicted molar refractivity (Wildman–Crippen MR) is 185 cm³/mol. The van der Waals surface area contributed by atoms with Crippen molar-refractivity contribution in [1.82, 2.24) is 10.9 Å². The first-order chi connectivity index (χ1) is 22.9. The van der Waals surface area contributed by atoms with Crippen molar-refractivity contribution in [2.45, 2.75) is 44.4 Å². The van der Waals surface area contributed by atoms with E-state index in [1.807, 2.05) is 79.7 Å². The fourth-order valence-electron chi connectivity index (χ4n) is 5.41. The van der Waals surface area contributed by atoms with Crippen LogP contribution >= 0.6 is 15.9 Å². The molecule has 0 saturated carbocycles. The van der Waals surface area contributed by atoms with Crippen molar-refractivity contribution in [3.63, 3.8) is 0 Å². The van der Waals surface area contributed by atoms with Gasteiger partial charge >= 0.3 is 0 Å². The van der Waals surface area contributed by atoms with Gasteiger partial charge in [0.1, 0.15) is 5.75 Å². The van der Waals surface area contributed by atoms with E-state index >= 15 is 0 Å². The average Bonchev–Trinajstić information content (AvgIpc) is 3.48. The van der Waals surface area contributed by atoms with Gasteiger partial charge in [-0.3, -0.25) is 10.2 Å². The molecule has 3 N–H and O–H groups in total. The van der Waals surface area contributed by atoms with Gasteiger partial charge in [-0.25, -0.2) is 10.4 Å². The van der Waals surface area contributed by atoms with Crippen molar-refractivity contribution in [2.24, 2.45) is 10.1 Å². The van der Waals surface area contributed by atoms with E-state index in [2.05, 4.69) is 61.1 Å². The second-order valence-electron chi connectivity index (χ2n) is 11.3. The number of nitrogens with zero attached hydrogens (tertiary/aromatic N) is 4. The van der Waals surface area contributed by atoms with Gasteiger partial charge in [0.15, 0.2) is 11.6 Å². The minimum atomic E-state index is -1.43. The summed E-state index contributed by atoms with van der Waals surface area (Å²) in [4.78, 5) is 22.5. The largest absolute Gasteiger partial charge is 0.494 e. The quantitative estimate of drug-likeness (QED) is 0.0418. The van der Waals surface area contributed by atoms with Crippen LogP contribution in [0.25, 0.3) is 10.4 Å². The number of carbonyl (C=O) groups is 1. The van der Waals surface area contributed by atoms with E-state index in [0.717, 1.165) is 33.1 Å². The van der Waals surface area contributed by atoms with Crippen LogP contribution in [-0.4, -0.2) is 42.2 Å². The van der Waals surface area contributed by atoms with E-state index in [9.17, 15) is 4.79 Å². The number of hydrazine groups is 1. The number of aliphatic hydroxyl groups is 1. The summed E-state index contributed by atoms with van der Waals surface area (Å²) in [6, 6.07) is 30.9. The van der Waals surface area contributed by atoms with E-state index < -0.39 is 11.6 Å². The smallest absolute Gasteiger partial charge is 0.266 e. The van der Waals surface area contributed by atoms with Gasteiger partial charge in [-0.05, 0) is 77.5 Å². The number of aryl methyl sites for hydroxylation is 1. The lowest BCUT2D eigenvalue weighted by atomic mass is 9.81. The van der Waals surface area contributed by atoms with Crippen molar-refractivity contribution >= 4 is 27.7 Å². The lowest BCUT2D eigenvalue weighted by molar-refractivity contribution is -0.130. The van der Waals surface area contributed by atoms with Gasteiger partial charge in [0.05, 0.1) is 13.2 Å². The number of carbonyl (C=O) groups excluding carboxylic acids is 1. The fourth-order valence-corrected chi connectivity index (χ4v) is 5.68. The molecule has 10 nitrogen and oxygen atoms in total. The van der Waals surface area contributed by atoms with E-state index in [1.54, 1.807) is 0 Å². The Balaban J connectivity index is 1.51. The van der Waals surface area contributed by atoms with Crippen LogP contribution in [0.5, 0.6) is 5.75 Å². The van der Waals surface area contributed by atoms with Gasteiger partial charge in [0, 0.05) is 40.9 Å². The maximum atomic E-state index is 14.5. The Bertz CT molecular complexity index is 1720. The zero-order valence-electron chi connectivity index (χ0n) is 26.1. The highest BCUT2D eigenvalue weighted by molar-refractivity contribution is 9.10. The average molecular weight is 698 g/mol. The topological polar surface area (TPSA) is 141 Å². The Hall–Kier alpha value is -4.67. The SMILES string of the molecule is Cc1ccc(CCNNC(=O)[C@@]2(Cc3ccccc3CN=[N+]=[N-])N=C(c3ccc(OCCCO)cc3)O[C@H]2c2ccc(Br)cc2)cc1. The van der Waals surface area contributed by atoms with Crippen LogP contribution in [0.15, 0.2) is 112 Å². The number of halogens is 1. The third kappa shape index (κ3) is 8.58. The molecule has 1 aliphatic heterocycles. The number of amides is 1. The summed E-state index contributed by atoms with van der Waals surface area (Å²) in [5, 5.41) is 12.9. The predicted octanol–water partition coefficient (Wildman–Crippen LogP) is 6.69. The number of nitrogens with one attached hydrogen (secondary N) is 2. The van der Waals surface area contributed by atoms with Crippen LogP contribution < -0.4 is 15.6 Å². The summed E-state index contributed by atoms with van der Waals surface area (Å²) in [5.74, 6) is 0.619. The zero-order chi connectivity index (χ0) is 33.1. The minimum absolute atomic E-state index is 0.0527. The molecule has 0 aromatic heterocycles. The van der Waals surface area contributed by atoms with Gasteiger partial charge in [-0.2, -0.15) is 0 Å². The number of rotatable bonds is 15. The van der Waals surface area contributed by atoms with Crippen LogP contribution in [-0.2, 0) is 28.9 Å². The third-order valence-corrected chi connectivity index (χ3v) is 8.48. The van der Waals surface area contributed by atoms with Crippen molar-refractivity contribution < 1.29 is 19.4 Å². The Morgan fingerprint density at radius 1 is 1.04 bits per heavy atom. The highest BCUT2D eigenvalue weighted by Gasteiger charge is 2.53. The molecule has 11 heteroatoms. The molecule has 1 aliphatic rings. The normalized spacial score (nSPS) is 16.9. The van der Waals surface area contributed by atoms with Crippen LogP contribution in [0.2, 0.25) is 0 Å².